The number of amides is 1. The number of carbonyl (C=O) groups excluding carboxylic acids is 1. The van der Waals surface area contributed by atoms with Crippen molar-refractivity contribution in [1.82, 2.24) is 0 Å². The van der Waals surface area contributed by atoms with Gasteiger partial charge in [-0.2, -0.15) is 0 Å². The van der Waals surface area contributed by atoms with Gasteiger partial charge in [-0.15, -0.1) is 0 Å². The first kappa shape index (κ1) is 17.5. The Labute approximate surface area is 127 Å². The van der Waals surface area contributed by atoms with E-state index in [0.717, 1.165) is 22.6 Å². The number of methoxy groups -OCH3 is 1. The second-order valence-corrected chi connectivity index (χ2v) is 5.85. The van der Waals surface area contributed by atoms with Crippen molar-refractivity contribution >= 4 is 11.6 Å². The van der Waals surface area contributed by atoms with Gasteiger partial charge in [0.2, 0.25) is 0 Å². The van der Waals surface area contributed by atoms with Crippen LogP contribution in [0.2, 0.25) is 0 Å². The Bertz CT molecular complexity index is 482. The number of anilines is 1. The van der Waals surface area contributed by atoms with Gasteiger partial charge in [-0.3, -0.25) is 4.79 Å². The molecule has 0 saturated heterocycles. The number of carbonyl (C=O) groups is 1. The lowest BCUT2D eigenvalue weighted by atomic mass is 10.0. The maximum absolute atomic E-state index is 12.3. The number of hydrogen-bond donors (Lipinski definition) is 1. The standard InChI is InChI=1S/C17H27NO3/c1-8-17(6,20-7)16(19)18-14-9-12(4)15(13(5)10-14)21-11(2)3/h9-11H,8H2,1-7H3,(H,18,19)/t17-/m1/s1. The zero-order valence-electron chi connectivity index (χ0n) is 14.2. The van der Waals surface area contributed by atoms with Crippen molar-refractivity contribution < 1.29 is 14.3 Å². The van der Waals surface area contributed by atoms with E-state index in [9.17, 15) is 4.79 Å². The Morgan fingerprint density at radius 2 is 1.81 bits per heavy atom. The Morgan fingerprint density at radius 3 is 2.19 bits per heavy atom. The van der Waals surface area contributed by atoms with Crippen molar-refractivity contribution in [3.05, 3.63) is 23.3 Å². The van der Waals surface area contributed by atoms with Gasteiger partial charge in [0.15, 0.2) is 0 Å². The highest BCUT2D eigenvalue weighted by Gasteiger charge is 2.31. The minimum absolute atomic E-state index is 0.125. The molecule has 0 fully saturated rings. The van der Waals surface area contributed by atoms with Crippen molar-refractivity contribution in [2.75, 3.05) is 12.4 Å². The smallest absolute Gasteiger partial charge is 0.256 e. The molecule has 1 rings (SSSR count). The van der Waals surface area contributed by atoms with Gasteiger partial charge in [0, 0.05) is 12.8 Å². The van der Waals surface area contributed by atoms with E-state index in [4.69, 9.17) is 9.47 Å². The molecule has 1 aromatic rings. The van der Waals surface area contributed by atoms with Crippen molar-refractivity contribution in [3.63, 3.8) is 0 Å². The average Bonchev–Trinajstić information content (AvgIpc) is 2.41. The van der Waals surface area contributed by atoms with Gasteiger partial charge in [0.1, 0.15) is 11.4 Å². The van der Waals surface area contributed by atoms with E-state index in [1.165, 1.54) is 0 Å². The zero-order chi connectivity index (χ0) is 16.2. The van der Waals surface area contributed by atoms with Crippen LogP contribution in [0.15, 0.2) is 12.1 Å². The summed E-state index contributed by atoms with van der Waals surface area (Å²) in [4.78, 5) is 12.3. The first-order valence-corrected chi connectivity index (χ1v) is 7.38. The summed E-state index contributed by atoms with van der Waals surface area (Å²) >= 11 is 0. The summed E-state index contributed by atoms with van der Waals surface area (Å²) in [6.45, 7) is 11.7. The maximum atomic E-state index is 12.3. The second-order valence-electron chi connectivity index (χ2n) is 5.85. The monoisotopic (exact) mass is 293 g/mol. The number of hydrogen-bond acceptors (Lipinski definition) is 3. The molecule has 1 aromatic carbocycles. The van der Waals surface area contributed by atoms with E-state index in [1.807, 2.05) is 46.8 Å². The molecule has 4 heteroatoms. The van der Waals surface area contributed by atoms with Crippen molar-refractivity contribution in [3.8, 4) is 5.75 Å². The average molecular weight is 293 g/mol. The molecule has 0 aliphatic heterocycles. The Hall–Kier alpha value is -1.55. The van der Waals surface area contributed by atoms with Crippen LogP contribution in [0.1, 0.15) is 45.2 Å². The fourth-order valence-electron chi connectivity index (χ4n) is 2.10. The summed E-state index contributed by atoms with van der Waals surface area (Å²) < 4.78 is 11.1. The van der Waals surface area contributed by atoms with Crippen LogP contribution in [0.5, 0.6) is 5.75 Å². The van der Waals surface area contributed by atoms with Crippen LogP contribution >= 0.6 is 0 Å². The van der Waals surface area contributed by atoms with Gasteiger partial charge in [0.05, 0.1) is 6.10 Å². The first-order chi connectivity index (χ1) is 9.73. The molecule has 0 bridgehead atoms. The largest absolute Gasteiger partial charge is 0.490 e. The van der Waals surface area contributed by atoms with E-state index in [0.29, 0.717) is 6.42 Å². The third-order valence-corrected chi connectivity index (χ3v) is 3.68. The molecule has 0 saturated carbocycles. The molecule has 0 aliphatic carbocycles. The first-order valence-electron chi connectivity index (χ1n) is 7.38. The van der Waals surface area contributed by atoms with Crippen LogP contribution in [0.3, 0.4) is 0 Å². The van der Waals surface area contributed by atoms with E-state index in [2.05, 4.69) is 5.32 Å². The van der Waals surface area contributed by atoms with Gasteiger partial charge in [-0.1, -0.05) is 6.92 Å². The number of rotatable bonds is 6. The summed E-state index contributed by atoms with van der Waals surface area (Å²) in [6.07, 6.45) is 0.738. The quantitative estimate of drug-likeness (QED) is 0.866. The molecular formula is C17H27NO3. The van der Waals surface area contributed by atoms with Gasteiger partial charge >= 0.3 is 0 Å². The van der Waals surface area contributed by atoms with Gasteiger partial charge in [0.25, 0.3) is 5.91 Å². The molecular weight excluding hydrogens is 266 g/mol. The fourth-order valence-corrected chi connectivity index (χ4v) is 2.10. The summed E-state index contributed by atoms with van der Waals surface area (Å²) in [7, 11) is 1.55. The Balaban J connectivity index is 2.99. The third-order valence-electron chi connectivity index (χ3n) is 3.68. The van der Waals surface area contributed by atoms with Crippen LogP contribution in [-0.2, 0) is 9.53 Å². The summed E-state index contributed by atoms with van der Waals surface area (Å²) in [5.74, 6) is 0.747. The van der Waals surface area contributed by atoms with E-state index >= 15 is 0 Å². The molecule has 1 amide bonds. The highest BCUT2D eigenvalue weighted by Crippen LogP contribution is 2.29. The number of ether oxygens (including phenoxy) is 2. The lowest BCUT2D eigenvalue weighted by Gasteiger charge is -2.25. The summed E-state index contributed by atoms with van der Waals surface area (Å²) in [5.41, 5.74) is 1.97. The Kier molecular flexibility index (Phi) is 5.78. The molecule has 118 valence electrons. The maximum Gasteiger partial charge on any atom is 0.256 e. The molecule has 4 nitrogen and oxygen atoms in total. The van der Waals surface area contributed by atoms with Gasteiger partial charge < -0.3 is 14.8 Å². The fraction of sp³-hybridized carbons (Fsp3) is 0.588. The topological polar surface area (TPSA) is 47.6 Å². The zero-order valence-corrected chi connectivity index (χ0v) is 14.2. The number of benzene rings is 1. The molecule has 0 unspecified atom stereocenters. The van der Waals surface area contributed by atoms with Gasteiger partial charge in [-0.05, 0) is 64.3 Å². The highest BCUT2D eigenvalue weighted by atomic mass is 16.5. The number of aryl methyl sites for hydroxylation is 2. The molecule has 21 heavy (non-hydrogen) atoms. The summed E-state index contributed by atoms with van der Waals surface area (Å²) in [5, 5.41) is 2.93. The predicted octanol–water partition coefficient (Wildman–Crippen LogP) is 3.84. The molecule has 0 radical (unpaired) electrons. The Morgan fingerprint density at radius 1 is 1.29 bits per heavy atom. The van der Waals surface area contributed by atoms with Crippen LogP contribution in [0.25, 0.3) is 0 Å². The van der Waals surface area contributed by atoms with Crippen LogP contribution in [0.4, 0.5) is 5.69 Å². The van der Waals surface area contributed by atoms with Crippen LogP contribution < -0.4 is 10.1 Å². The molecule has 0 aromatic heterocycles. The minimum atomic E-state index is -0.811. The number of nitrogens with one attached hydrogen (secondary N) is 1. The van der Waals surface area contributed by atoms with Crippen molar-refractivity contribution in [2.24, 2.45) is 0 Å². The molecule has 0 heterocycles. The lowest BCUT2D eigenvalue weighted by Crippen LogP contribution is -2.41. The normalized spacial score (nSPS) is 13.9. The molecule has 1 atom stereocenters. The second kappa shape index (κ2) is 6.94. The molecule has 1 N–H and O–H groups in total. The third kappa shape index (κ3) is 4.21. The summed E-state index contributed by atoms with van der Waals surface area (Å²) in [6, 6.07) is 3.85. The van der Waals surface area contributed by atoms with Crippen molar-refractivity contribution in [1.29, 1.82) is 0 Å². The van der Waals surface area contributed by atoms with E-state index in [-0.39, 0.29) is 12.0 Å². The minimum Gasteiger partial charge on any atom is -0.490 e. The van der Waals surface area contributed by atoms with E-state index in [1.54, 1.807) is 14.0 Å². The SMILES string of the molecule is CC[C@@](C)(OC)C(=O)Nc1cc(C)c(OC(C)C)c(C)c1. The van der Waals surface area contributed by atoms with Gasteiger partial charge in [-0.25, -0.2) is 0 Å². The lowest BCUT2D eigenvalue weighted by molar-refractivity contribution is -0.136. The van der Waals surface area contributed by atoms with Crippen LogP contribution in [-0.4, -0.2) is 24.7 Å². The van der Waals surface area contributed by atoms with E-state index < -0.39 is 5.60 Å². The highest BCUT2D eigenvalue weighted by molar-refractivity contribution is 5.97. The predicted molar refractivity (Wildman–Crippen MR) is 86.0 cm³/mol. The van der Waals surface area contributed by atoms with Crippen LogP contribution in [0, 0.1) is 13.8 Å². The molecule has 0 aliphatic rings. The molecule has 0 spiro atoms. The van der Waals surface area contributed by atoms with Crippen molar-refractivity contribution in [2.45, 2.75) is 59.7 Å².